The number of benzene rings is 2. The van der Waals surface area contributed by atoms with Crippen LogP contribution in [0.15, 0.2) is 42.6 Å². The summed E-state index contributed by atoms with van der Waals surface area (Å²) in [4.78, 5) is 32.5. The highest BCUT2D eigenvalue weighted by Crippen LogP contribution is 2.35. The zero-order valence-electron chi connectivity index (χ0n) is 23.0. The third kappa shape index (κ3) is 4.93. The number of ether oxygens (including phenoxy) is 2. The lowest BCUT2D eigenvalue weighted by molar-refractivity contribution is 0.0452. The zero-order valence-corrected chi connectivity index (χ0v) is 23.0. The fraction of sp³-hybridized carbons (Fsp3) is 0.433. The van der Waals surface area contributed by atoms with Gasteiger partial charge in [-0.25, -0.2) is 9.78 Å². The number of imidazole rings is 1. The molecule has 204 valence electrons. The highest BCUT2D eigenvalue weighted by Gasteiger charge is 2.28. The number of rotatable bonds is 3. The van der Waals surface area contributed by atoms with Crippen molar-refractivity contribution in [2.75, 3.05) is 19.7 Å². The number of hydrogen-bond acceptors (Lipinski definition) is 5. The van der Waals surface area contributed by atoms with Gasteiger partial charge in [0.2, 0.25) is 0 Å². The van der Waals surface area contributed by atoms with Crippen molar-refractivity contribution in [2.45, 2.75) is 58.2 Å². The first-order valence-electron chi connectivity index (χ1n) is 13.7. The van der Waals surface area contributed by atoms with E-state index in [0.717, 1.165) is 64.9 Å². The van der Waals surface area contributed by atoms with Gasteiger partial charge in [0.15, 0.2) is 0 Å². The van der Waals surface area contributed by atoms with Gasteiger partial charge in [0.05, 0.1) is 23.2 Å². The summed E-state index contributed by atoms with van der Waals surface area (Å²) < 4.78 is 15.8. The lowest BCUT2D eigenvalue weighted by Crippen LogP contribution is -2.50. The fourth-order valence-corrected chi connectivity index (χ4v) is 5.68. The third-order valence-corrected chi connectivity index (χ3v) is 7.44. The summed E-state index contributed by atoms with van der Waals surface area (Å²) in [6, 6.07) is 11.9. The second-order valence-corrected chi connectivity index (χ2v) is 11.6. The maximum Gasteiger partial charge on any atom is 0.407 e. The summed E-state index contributed by atoms with van der Waals surface area (Å²) in [5.41, 5.74) is 3.86. The van der Waals surface area contributed by atoms with Crippen LogP contribution in [0.3, 0.4) is 0 Å². The number of nitrogens with one attached hydrogen (secondary N) is 1. The number of aryl methyl sites for hydroxylation is 2. The summed E-state index contributed by atoms with van der Waals surface area (Å²) >= 11 is 0. The average Bonchev–Trinajstić information content (AvgIpc) is 3.37. The van der Waals surface area contributed by atoms with E-state index in [0.29, 0.717) is 25.3 Å². The fourth-order valence-electron chi connectivity index (χ4n) is 5.68. The molecule has 9 nitrogen and oxygen atoms in total. The molecule has 0 bridgehead atoms. The maximum absolute atomic E-state index is 13.5. The Morgan fingerprint density at radius 3 is 2.77 bits per heavy atom. The van der Waals surface area contributed by atoms with Crippen molar-refractivity contribution in [3.63, 3.8) is 0 Å². The molecule has 1 N–H and O–H groups in total. The molecule has 2 aliphatic heterocycles. The zero-order chi connectivity index (χ0) is 27.3. The predicted octanol–water partition coefficient (Wildman–Crippen LogP) is 5.11. The molecule has 4 aromatic rings. The molecular weight excluding hydrogens is 494 g/mol. The summed E-state index contributed by atoms with van der Waals surface area (Å²) in [6.45, 7) is 8.26. The van der Waals surface area contributed by atoms with Crippen LogP contribution in [0, 0.1) is 0 Å². The summed E-state index contributed by atoms with van der Waals surface area (Å²) in [7, 11) is 2.00. The van der Waals surface area contributed by atoms with Crippen molar-refractivity contribution in [1.29, 1.82) is 0 Å². The molecule has 6 rings (SSSR count). The van der Waals surface area contributed by atoms with Gasteiger partial charge in [0.25, 0.3) is 5.91 Å². The van der Waals surface area contributed by atoms with Gasteiger partial charge in [-0.15, -0.1) is 0 Å². The molecule has 2 amide bonds. The Balaban J connectivity index is 1.24. The lowest BCUT2D eigenvalue weighted by Gasteiger charge is -2.33. The number of carbonyl (C=O) groups excluding carboxylic acids is 2. The van der Waals surface area contributed by atoms with Gasteiger partial charge in [-0.1, -0.05) is 0 Å². The van der Waals surface area contributed by atoms with Crippen LogP contribution in [0.25, 0.3) is 33.3 Å². The topological polar surface area (TPSA) is 90.6 Å². The number of piperidine rings is 1. The molecular formula is C30H35N5O4. The van der Waals surface area contributed by atoms with Crippen LogP contribution in [0.4, 0.5) is 4.79 Å². The van der Waals surface area contributed by atoms with Gasteiger partial charge >= 0.3 is 6.09 Å². The van der Waals surface area contributed by atoms with E-state index in [9.17, 15) is 9.59 Å². The van der Waals surface area contributed by atoms with Crippen molar-refractivity contribution in [1.82, 2.24) is 24.3 Å². The van der Waals surface area contributed by atoms with Crippen LogP contribution < -0.4 is 10.1 Å². The molecule has 2 aromatic carbocycles. The van der Waals surface area contributed by atoms with Crippen molar-refractivity contribution >= 4 is 33.9 Å². The largest absolute Gasteiger partial charge is 0.491 e. The van der Waals surface area contributed by atoms with Crippen LogP contribution in [-0.4, -0.2) is 62.4 Å². The molecule has 0 saturated carbocycles. The Morgan fingerprint density at radius 2 is 1.95 bits per heavy atom. The lowest BCUT2D eigenvalue weighted by atomic mass is 10.0. The van der Waals surface area contributed by atoms with Crippen molar-refractivity contribution in [2.24, 2.45) is 7.05 Å². The molecule has 39 heavy (non-hydrogen) atoms. The van der Waals surface area contributed by atoms with Gasteiger partial charge in [0.1, 0.15) is 17.2 Å². The summed E-state index contributed by atoms with van der Waals surface area (Å²) in [5, 5.41) is 4.05. The standard InChI is InChI=1S/C30H35N5O4/c1-30(2,3)39-29(37)31-22-7-5-11-35(18-22)28(36)20-8-9-24-23(16-20)32-27(33(24)4)21-15-19-10-13-34-12-6-14-38-25(17-21)26(19)34/h8-10,13,15-17,22H,5-7,11-12,14,18H2,1-4H3,(H,31,37)/t22-/m1/s1. The van der Waals surface area contributed by atoms with E-state index in [-0.39, 0.29) is 11.9 Å². The smallest absolute Gasteiger partial charge is 0.407 e. The first-order valence-corrected chi connectivity index (χ1v) is 13.7. The first-order chi connectivity index (χ1) is 18.7. The minimum absolute atomic E-state index is 0.0587. The Bertz CT molecular complexity index is 1580. The van der Waals surface area contributed by atoms with Crippen LogP contribution in [-0.2, 0) is 18.3 Å². The Morgan fingerprint density at radius 1 is 1.10 bits per heavy atom. The normalized spacial score (nSPS) is 17.6. The minimum Gasteiger partial charge on any atom is -0.491 e. The molecule has 0 unspecified atom stereocenters. The van der Waals surface area contributed by atoms with E-state index in [1.807, 2.05) is 46.0 Å². The van der Waals surface area contributed by atoms with E-state index < -0.39 is 11.7 Å². The molecule has 1 atom stereocenters. The van der Waals surface area contributed by atoms with Crippen LogP contribution in [0.5, 0.6) is 5.75 Å². The first kappa shape index (κ1) is 25.3. The summed E-state index contributed by atoms with van der Waals surface area (Å²) in [6.07, 6.45) is 4.27. The molecule has 0 aliphatic carbocycles. The quantitative estimate of drug-likeness (QED) is 0.399. The van der Waals surface area contributed by atoms with E-state index >= 15 is 0 Å². The van der Waals surface area contributed by atoms with Gasteiger partial charge in [-0.3, -0.25) is 4.79 Å². The number of nitrogens with zero attached hydrogens (tertiary/aromatic N) is 4. The predicted molar refractivity (Wildman–Crippen MR) is 150 cm³/mol. The molecule has 1 fully saturated rings. The van der Waals surface area contributed by atoms with Gasteiger partial charge in [-0.2, -0.15) is 0 Å². The van der Waals surface area contributed by atoms with Crippen molar-refractivity contribution in [3.8, 4) is 17.1 Å². The highest BCUT2D eigenvalue weighted by molar-refractivity contribution is 5.98. The van der Waals surface area contributed by atoms with Crippen molar-refractivity contribution < 1.29 is 19.1 Å². The molecule has 4 heterocycles. The minimum atomic E-state index is -0.564. The molecule has 2 aliphatic rings. The van der Waals surface area contributed by atoms with Gasteiger partial charge < -0.3 is 28.8 Å². The maximum atomic E-state index is 13.5. The molecule has 2 aromatic heterocycles. The molecule has 9 heteroatoms. The molecule has 0 radical (unpaired) electrons. The number of aromatic nitrogens is 3. The monoisotopic (exact) mass is 529 g/mol. The third-order valence-electron chi connectivity index (χ3n) is 7.44. The molecule has 0 spiro atoms. The Hall–Kier alpha value is -4.01. The van der Waals surface area contributed by atoms with Crippen molar-refractivity contribution in [3.05, 3.63) is 48.2 Å². The average molecular weight is 530 g/mol. The van der Waals surface area contributed by atoms with Crippen LogP contribution in [0.1, 0.15) is 50.4 Å². The summed E-state index contributed by atoms with van der Waals surface area (Å²) in [5.74, 6) is 1.65. The Kier molecular flexibility index (Phi) is 6.24. The van der Waals surface area contributed by atoms with E-state index in [1.54, 1.807) is 4.90 Å². The van der Waals surface area contributed by atoms with Crippen LogP contribution >= 0.6 is 0 Å². The number of fused-ring (bicyclic) bond motifs is 1. The number of alkyl carbamates (subject to hydrolysis) is 1. The number of hydrogen-bond donors (Lipinski definition) is 1. The number of carbonyl (C=O) groups is 2. The number of likely N-dealkylation sites (tertiary alicyclic amines) is 1. The van der Waals surface area contributed by atoms with Crippen LogP contribution in [0.2, 0.25) is 0 Å². The Labute approximate surface area is 227 Å². The van der Waals surface area contributed by atoms with E-state index in [2.05, 4.69) is 38.8 Å². The SMILES string of the molecule is Cn1c(-c2cc3c4c(ccn4CCCO3)c2)nc2cc(C(=O)N3CCC[C@@H](NC(=O)OC(C)(C)C)C3)ccc21. The molecule has 1 saturated heterocycles. The second kappa shape index (κ2) is 9.63. The second-order valence-electron chi connectivity index (χ2n) is 11.6. The highest BCUT2D eigenvalue weighted by atomic mass is 16.6. The number of amides is 2. The van der Waals surface area contributed by atoms with E-state index in [1.165, 1.54) is 0 Å². The van der Waals surface area contributed by atoms with Gasteiger partial charge in [-0.05, 0) is 76.4 Å². The van der Waals surface area contributed by atoms with Gasteiger partial charge in [0, 0.05) is 55.4 Å². The van der Waals surface area contributed by atoms with E-state index in [4.69, 9.17) is 14.5 Å².